The van der Waals surface area contributed by atoms with Crippen molar-refractivity contribution in [2.24, 2.45) is 0 Å². The van der Waals surface area contributed by atoms with E-state index in [9.17, 15) is 4.79 Å². The Morgan fingerprint density at radius 2 is 2.00 bits per heavy atom. The van der Waals surface area contributed by atoms with Gasteiger partial charge in [-0.25, -0.2) is 0 Å². The van der Waals surface area contributed by atoms with Crippen LogP contribution in [-0.4, -0.2) is 17.4 Å². The van der Waals surface area contributed by atoms with Crippen molar-refractivity contribution in [3.05, 3.63) is 81.9 Å². The van der Waals surface area contributed by atoms with E-state index in [1.54, 1.807) is 46.8 Å². The molecule has 1 amide bonds. The largest absolute Gasteiger partial charge is 0.467 e. The second kappa shape index (κ2) is 7.62. The Bertz CT molecular complexity index is 815. The second-order valence-electron chi connectivity index (χ2n) is 5.32. The van der Waals surface area contributed by atoms with E-state index in [0.717, 1.165) is 12.2 Å². The third-order valence-electron chi connectivity index (χ3n) is 3.68. The molecule has 120 valence electrons. The molecule has 2 heterocycles. The number of nitrogens with zero attached hydrogens (tertiary/aromatic N) is 2. The van der Waals surface area contributed by atoms with E-state index in [1.807, 2.05) is 23.6 Å². The number of furan rings is 1. The average molecular weight is 336 g/mol. The summed E-state index contributed by atoms with van der Waals surface area (Å²) in [6.45, 7) is 1.04. The highest BCUT2D eigenvalue weighted by Gasteiger charge is 2.17. The van der Waals surface area contributed by atoms with Gasteiger partial charge < -0.3 is 9.32 Å². The van der Waals surface area contributed by atoms with Crippen molar-refractivity contribution < 1.29 is 9.21 Å². The highest BCUT2D eigenvalue weighted by molar-refractivity contribution is 7.09. The van der Waals surface area contributed by atoms with Crippen LogP contribution in [0, 0.1) is 11.3 Å². The Balaban J connectivity index is 1.76. The first-order valence-electron chi connectivity index (χ1n) is 7.60. The third-order valence-corrected chi connectivity index (χ3v) is 4.62. The predicted molar refractivity (Wildman–Crippen MR) is 92.6 cm³/mol. The number of nitriles is 1. The summed E-state index contributed by atoms with van der Waals surface area (Å²) in [6.07, 6.45) is 2.42. The molecule has 0 bridgehead atoms. The highest BCUT2D eigenvalue weighted by atomic mass is 32.1. The van der Waals surface area contributed by atoms with Crippen LogP contribution in [-0.2, 0) is 13.0 Å². The van der Waals surface area contributed by atoms with Crippen molar-refractivity contribution in [1.29, 1.82) is 5.26 Å². The smallest absolute Gasteiger partial charge is 0.254 e. The molecule has 0 radical (unpaired) electrons. The molecule has 1 aromatic carbocycles. The summed E-state index contributed by atoms with van der Waals surface area (Å²) in [5.41, 5.74) is 1.12. The normalized spacial score (nSPS) is 10.3. The number of hydrogen-bond donors (Lipinski definition) is 0. The molecule has 0 aliphatic heterocycles. The van der Waals surface area contributed by atoms with Gasteiger partial charge in [-0.2, -0.15) is 5.26 Å². The molecule has 4 nitrogen and oxygen atoms in total. The molecule has 0 fully saturated rings. The molecule has 3 rings (SSSR count). The summed E-state index contributed by atoms with van der Waals surface area (Å²) in [5, 5.41) is 10.9. The number of benzene rings is 1. The summed E-state index contributed by atoms with van der Waals surface area (Å²) < 4.78 is 5.39. The molecule has 0 N–H and O–H groups in total. The lowest BCUT2D eigenvalue weighted by Crippen LogP contribution is -2.32. The minimum absolute atomic E-state index is 0.0626. The summed E-state index contributed by atoms with van der Waals surface area (Å²) in [6, 6.07) is 16.6. The Hall–Kier alpha value is -2.84. The molecular weight excluding hydrogens is 320 g/mol. The molecule has 2 aromatic heterocycles. The molecular formula is C19H16N2O2S. The zero-order valence-corrected chi connectivity index (χ0v) is 13.8. The molecule has 5 heteroatoms. The summed E-state index contributed by atoms with van der Waals surface area (Å²) in [4.78, 5) is 15.9. The fourth-order valence-corrected chi connectivity index (χ4v) is 3.11. The Morgan fingerprint density at radius 3 is 2.62 bits per heavy atom. The molecule has 0 aliphatic carbocycles. The standard InChI is InChI=1S/C19H16N2O2S/c20-13-15-5-7-16(8-6-15)19(22)21(14-17-3-1-11-23-17)10-9-18-4-2-12-24-18/h1-8,11-12H,9-10,14H2. The van der Waals surface area contributed by atoms with Gasteiger partial charge in [0, 0.05) is 17.0 Å². The summed E-state index contributed by atoms with van der Waals surface area (Å²) in [7, 11) is 0. The van der Waals surface area contributed by atoms with Gasteiger partial charge in [-0.3, -0.25) is 4.79 Å². The lowest BCUT2D eigenvalue weighted by atomic mass is 10.1. The fourth-order valence-electron chi connectivity index (χ4n) is 2.41. The summed E-state index contributed by atoms with van der Waals surface area (Å²) in [5.74, 6) is 0.690. The van der Waals surface area contributed by atoms with Gasteiger partial charge in [-0.05, 0) is 54.3 Å². The van der Waals surface area contributed by atoms with Gasteiger partial charge >= 0.3 is 0 Å². The quantitative estimate of drug-likeness (QED) is 0.681. The first-order chi connectivity index (χ1) is 11.8. The van der Waals surface area contributed by atoms with Crippen molar-refractivity contribution in [2.75, 3.05) is 6.54 Å². The van der Waals surface area contributed by atoms with Crippen LogP contribution in [0.3, 0.4) is 0 Å². The van der Waals surface area contributed by atoms with Crippen LogP contribution in [0.2, 0.25) is 0 Å². The number of thiophene rings is 1. The second-order valence-corrected chi connectivity index (χ2v) is 6.36. The van der Waals surface area contributed by atoms with E-state index in [4.69, 9.17) is 9.68 Å². The van der Waals surface area contributed by atoms with Crippen LogP contribution in [0.5, 0.6) is 0 Å². The molecule has 0 spiro atoms. The van der Waals surface area contributed by atoms with E-state index in [0.29, 0.717) is 24.2 Å². The van der Waals surface area contributed by atoms with Crippen molar-refractivity contribution >= 4 is 17.2 Å². The van der Waals surface area contributed by atoms with Gasteiger partial charge in [0.25, 0.3) is 5.91 Å². The van der Waals surface area contributed by atoms with E-state index in [1.165, 1.54) is 4.88 Å². The minimum atomic E-state index is -0.0626. The maximum Gasteiger partial charge on any atom is 0.254 e. The maximum absolute atomic E-state index is 12.8. The Kier molecular flexibility index (Phi) is 5.09. The van der Waals surface area contributed by atoms with Crippen molar-refractivity contribution in [3.8, 4) is 6.07 Å². The number of carbonyl (C=O) groups is 1. The maximum atomic E-state index is 12.8. The van der Waals surface area contributed by atoms with Gasteiger partial charge in [-0.1, -0.05) is 6.07 Å². The van der Waals surface area contributed by atoms with Crippen LogP contribution in [0.1, 0.15) is 26.6 Å². The first-order valence-corrected chi connectivity index (χ1v) is 8.48. The van der Waals surface area contributed by atoms with Gasteiger partial charge in [-0.15, -0.1) is 11.3 Å². The van der Waals surface area contributed by atoms with Crippen LogP contribution in [0.25, 0.3) is 0 Å². The SMILES string of the molecule is N#Cc1ccc(C(=O)N(CCc2cccs2)Cc2ccco2)cc1. The fraction of sp³-hybridized carbons (Fsp3) is 0.158. The zero-order chi connectivity index (χ0) is 16.8. The van der Waals surface area contributed by atoms with Gasteiger partial charge in [0.1, 0.15) is 5.76 Å². The average Bonchev–Trinajstić information content (AvgIpc) is 3.32. The number of amides is 1. The van der Waals surface area contributed by atoms with Crippen LogP contribution >= 0.6 is 11.3 Å². The van der Waals surface area contributed by atoms with E-state index < -0.39 is 0 Å². The number of hydrogen-bond acceptors (Lipinski definition) is 4. The third kappa shape index (κ3) is 3.92. The van der Waals surface area contributed by atoms with Crippen LogP contribution in [0.4, 0.5) is 0 Å². The number of rotatable bonds is 6. The van der Waals surface area contributed by atoms with E-state index in [2.05, 4.69) is 12.1 Å². The molecule has 0 saturated heterocycles. The monoisotopic (exact) mass is 336 g/mol. The Morgan fingerprint density at radius 1 is 1.17 bits per heavy atom. The molecule has 0 saturated carbocycles. The van der Waals surface area contributed by atoms with Crippen LogP contribution < -0.4 is 0 Å². The Labute approximate surface area is 144 Å². The molecule has 0 aliphatic rings. The van der Waals surface area contributed by atoms with Crippen molar-refractivity contribution in [3.63, 3.8) is 0 Å². The highest BCUT2D eigenvalue weighted by Crippen LogP contribution is 2.15. The van der Waals surface area contributed by atoms with Gasteiger partial charge in [0.05, 0.1) is 24.4 Å². The minimum Gasteiger partial charge on any atom is -0.467 e. The van der Waals surface area contributed by atoms with Gasteiger partial charge in [0.2, 0.25) is 0 Å². The van der Waals surface area contributed by atoms with Crippen molar-refractivity contribution in [1.82, 2.24) is 4.90 Å². The molecule has 0 unspecified atom stereocenters. The molecule has 3 aromatic rings. The molecule has 24 heavy (non-hydrogen) atoms. The molecule has 0 atom stereocenters. The lowest BCUT2D eigenvalue weighted by Gasteiger charge is -2.21. The van der Waals surface area contributed by atoms with Crippen LogP contribution in [0.15, 0.2) is 64.6 Å². The van der Waals surface area contributed by atoms with E-state index in [-0.39, 0.29) is 5.91 Å². The van der Waals surface area contributed by atoms with Gasteiger partial charge in [0.15, 0.2) is 0 Å². The number of carbonyl (C=O) groups excluding carboxylic acids is 1. The lowest BCUT2D eigenvalue weighted by molar-refractivity contribution is 0.0734. The first kappa shape index (κ1) is 16.0. The topological polar surface area (TPSA) is 57.2 Å². The predicted octanol–water partition coefficient (Wildman–Crippen LogP) is 4.10. The van der Waals surface area contributed by atoms with Crippen molar-refractivity contribution in [2.45, 2.75) is 13.0 Å². The zero-order valence-electron chi connectivity index (χ0n) is 13.0. The van der Waals surface area contributed by atoms with E-state index >= 15 is 0 Å². The summed E-state index contributed by atoms with van der Waals surface area (Å²) >= 11 is 1.69.